The normalized spacial score (nSPS) is 10.9. The van der Waals surface area contributed by atoms with Crippen molar-refractivity contribution in [1.29, 1.82) is 0 Å². The summed E-state index contributed by atoms with van der Waals surface area (Å²) < 4.78 is 0. The molecule has 0 aliphatic rings. The van der Waals surface area contributed by atoms with Crippen molar-refractivity contribution in [3.05, 3.63) is 77.7 Å². The fraction of sp³-hybridized carbons (Fsp3) is 0.150. The van der Waals surface area contributed by atoms with Crippen molar-refractivity contribution in [2.75, 3.05) is 5.32 Å². The highest BCUT2D eigenvalue weighted by Gasteiger charge is 2.11. The number of nitrogens with zero attached hydrogens (tertiary/aromatic N) is 2. The third kappa shape index (κ3) is 3.64. The van der Waals surface area contributed by atoms with Crippen LogP contribution < -0.4 is 5.32 Å². The number of H-pyrrole nitrogens is 2. The SMILES string of the molecule is O=C(Cc1c[nH]c2ccccc12)Nc1n[nH]c(CCc2ccccc2)n1. The molecule has 6 heteroatoms. The number of anilines is 1. The van der Waals surface area contributed by atoms with Gasteiger partial charge in [0.25, 0.3) is 0 Å². The second-order valence-corrected chi connectivity index (χ2v) is 6.18. The molecule has 0 unspecified atom stereocenters. The minimum absolute atomic E-state index is 0.136. The number of rotatable bonds is 6. The summed E-state index contributed by atoms with van der Waals surface area (Å²) in [6.45, 7) is 0. The Morgan fingerprint density at radius 3 is 2.69 bits per heavy atom. The van der Waals surface area contributed by atoms with E-state index in [0.29, 0.717) is 5.95 Å². The van der Waals surface area contributed by atoms with Gasteiger partial charge in [0.15, 0.2) is 0 Å². The van der Waals surface area contributed by atoms with Crippen LogP contribution in [0.2, 0.25) is 0 Å². The minimum atomic E-state index is -0.136. The van der Waals surface area contributed by atoms with Crippen LogP contribution in [0.4, 0.5) is 5.95 Å². The van der Waals surface area contributed by atoms with E-state index in [1.807, 2.05) is 48.7 Å². The predicted molar refractivity (Wildman–Crippen MR) is 101 cm³/mol. The standard InChI is InChI=1S/C20H19N5O/c26-19(12-15-13-21-17-9-5-4-8-16(15)17)23-20-22-18(24-25-20)11-10-14-6-2-1-3-7-14/h1-9,13,21H,10-12H2,(H2,22,23,24,25,26). The summed E-state index contributed by atoms with van der Waals surface area (Å²) in [4.78, 5) is 19.8. The zero-order valence-corrected chi connectivity index (χ0v) is 14.2. The number of aromatic amines is 2. The highest BCUT2D eigenvalue weighted by Crippen LogP contribution is 2.18. The van der Waals surface area contributed by atoms with Gasteiger partial charge in [-0.3, -0.25) is 15.2 Å². The molecular formula is C20H19N5O. The van der Waals surface area contributed by atoms with E-state index in [1.54, 1.807) is 0 Å². The van der Waals surface area contributed by atoms with Gasteiger partial charge in [-0.1, -0.05) is 48.5 Å². The van der Waals surface area contributed by atoms with E-state index in [1.165, 1.54) is 5.56 Å². The van der Waals surface area contributed by atoms with Crippen LogP contribution in [-0.2, 0) is 24.1 Å². The number of hydrogen-bond acceptors (Lipinski definition) is 3. The van der Waals surface area contributed by atoms with Gasteiger partial charge in [-0.05, 0) is 23.6 Å². The number of nitrogens with one attached hydrogen (secondary N) is 3. The number of carbonyl (C=O) groups is 1. The first-order valence-corrected chi connectivity index (χ1v) is 8.58. The van der Waals surface area contributed by atoms with Crippen molar-refractivity contribution in [3.63, 3.8) is 0 Å². The Balaban J connectivity index is 1.35. The summed E-state index contributed by atoms with van der Waals surface area (Å²) in [6, 6.07) is 18.1. The summed E-state index contributed by atoms with van der Waals surface area (Å²) in [6.07, 6.45) is 3.76. The molecule has 0 spiro atoms. The molecule has 0 fully saturated rings. The maximum atomic E-state index is 12.3. The van der Waals surface area contributed by atoms with Gasteiger partial charge < -0.3 is 4.98 Å². The van der Waals surface area contributed by atoms with Gasteiger partial charge in [-0.2, -0.15) is 4.98 Å². The number of para-hydroxylation sites is 1. The summed E-state index contributed by atoms with van der Waals surface area (Å²) in [5.74, 6) is 0.942. The van der Waals surface area contributed by atoms with Crippen LogP contribution in [0, 0.1) is 0 Å². The molecule has 0 atom stereocenters. The molecular weight excluding hydrogens is 326 g/mol. The third-order valence-electron chi connectivity index (χ3n) is 4.30. The minimum Gasteiger partial charge on any atom is -0.361 e. The number of amides is 1. The molecule has 1 amide bonds. The molecule has 2 aromatic carbocycles. The van der Waals surface area contributed by atoms with Gasteiger partial charge in [0, 0.05) is 23.5 Å². The number of benzene rings is 2. The Bertz CT molecular complexity index is 1020. The summed E-state index contributed by atoms with van der Waals surface area (Å²) >= 11 is 0. The van der Waals surface area contributed by atoms with E-state index < -0.39 is 0 Å². The fourth-order valence-electron chi connectivity index (χ4n) is 2.99. The Hall–Kier alpha value is -3.41. The first kappa shape index (κ1) is 16.1. The first-order valence-electron chi connectivity index (χ1n) is 8.58. The molecule has 0 aliphatic carbocycles. The lowest BCUT2D eigenvalue weighted by Crippen LogP contribution is -2.15. The number of aromatic nitrogens is 4. The van der Waals surface area contributed by atoms with Crippen molar-refractivity contribution in [3.8, 4) is 0 Å². The smallest absolute Gasteiger partial charge is 0.248 e. The number of aryl methyl sites for hydroxylation is 2. The van der Waals surface area contributed by atoms with Crippen LogP contribution in [0.5, 0.6) is 0 Å². The van der Waals surface area contributed by atoms with Crippen molar-refractivity contribution in [2.45, 2.75) is 19.3 Å². The fourth-order valence-corrected chi connectivity index (χ4v) is 2.99. The lowest BCUT2D eigenvalue weighted by molar-refractivity contribution is -0.115. The van der Waals surface area contributed by atoms with Crippen LogP contribution in [0.25, 0.3) is 10.9 Å². The Morgan fingerprint density at radius 2 is 1.81 bits per heavy atom. The molecule has 2 aromatic heterocycles. The van der Waals surface area contributed by atoms with Gasteiger partial charge in [-0.15, -0.1) is 5.10 Å². The topological polar surface area (TPSA) is 86.5 Å². The lowest BCUT2D eigenvalue weighted by atomic mass is 10.1. The molecule has 130 valence electrons. The van der Waals surface area contributed by atoms with Crippen LogP contribution >= 0.6 is 0 Å². The monoisotopic (exact) mass is 345 g/mol. The quantitative estimate of drug-likeness (QED) is 0.501. The molecule has 0 radical (unpaired) electrons. The molecule has 2 heterocycles. The number of hydrogen-bond donors (Lipinski definition) is 3. The Kier molecular flexibility index (Phi) is 4.47. The Labute approximate surface area is 150 Å². The van der Waals surface area contributed by atoms with Gasteiger partial charge in [-0.25, -0.2) is 0 Å². The third-order valence-corrected chi connectivity index (χ3v) is 4.30. The van der Waals surface area contributed by atoms with Crippen LogP contribution in [0.15, 0.2) is 60.8 Å². The summed E-state index contributed by atoms with van der Waals surface area (Å²) in [5.41, 5.74) is 3.23. The van der Waals surface area contributed by atoms with Gasteiger partial charge >= 0.3 is 0 Å². The van der Waals surface area contributed by atoms with Crippen LogP contribution in [0.1, 0.15) is 17.0 Å². The largest absolute Gasteiger partial charge is 0.361 e. The van der Waals surface area contributed by atoms with Crippen molar-refractivity contribution >= 4 is 22.8 Å². The second kappa shape index (κ2) is 7.23. The van der Waals surface area contributed by atoms with E-state index >= 15 is 0 Å². The maximum Gasteiger partial charge on any atom is 0.248 e. The molecule has 4 rings (SSSR count). The lowest BCUT2D eigenvalue weighted by Gasteiger charge is -2.00. The average Bonchev–Trinajstić information content (AvgIpc) is 3.28. The molecule has 0 bridgehead atoms. The Morgan fingerprint density at radius 1 is 1.00 bits per heavy atom. The van der Waals surface area contributed by atoms with Gasteiger partial charge in [0.1, 0.15) is 5.82 Å². The van der Waals surface area contributed by atoms with Crippen LogP contribution in [0.3, 0.4) is 0 Å². The highest BCUT2D eigenvalue weighted by molar-refractivity contribution is 5.94. The zero-order valence-electron chi connectivity index (χ0n) is 14.2. The van der Waals surface area contributed by atoms with Crippen molar-refractivity contribution in [2.24, 2.45) is 0 Å². The van der Waals surface area contributed by atoms with Crippen molar-refractivity contribution in [1.82, 2.24) is 20.2 Å². The second-order valence-electron chi connectivity index (χ2n) is 6.18. The van der Waals surface area contributed by atoms with Gasteiger partial charge in [0.2, 0.25) is 11.9 Å². The number of carbonyl (C=O) groups excluding carboxylic acids is 1. The maximum absolute atomic E-state index is 12.3. The van der Waals surface area contributed by atoms with E-state index in [4.69, 9.17) is 0 Å². The molecule has 26 heavy (non-hydrogen) atoms. The van der Waals surface area contributed by atoms with Crippen molar-refractivity contribution < 1.29 is 4.79 Å². The molecule has 0 aliphatic heterocycles. The number of fused-ring (bicyclic) bond motifs is 1. The van der Waals surface area contributed by atoms with E-state index in [-0.39, 0.29) is 12.3 Å². The van der Waals surface area contributed by atoms with E-state index in [2.05, 4.69) is 37.6 Å². The van der Waals surface area contributed by atoms with E-state index in [9.17, 15) is 4.79 Å². The van der Waals surface area contributed by atoms with Crippen LogP contribution in [-0.4, -0.2) is 26.1 Å². The van der Waals surface area contributed by atoms with E-state index in [0.717, 1.165) is 35.1 Å². The molecule has 4 aromatic rings. The van der Waals surface area contributed by atoms with Gasteiger partial charge in [0.05, 0.1) is 6.42 Å². The predicted octanol–water partition coefficient (Wildman–Crippen LogP) is 3.25. The molecule has 0 saturated carbocycles. The average molecular weight is 345 g/mol. The first-order chi connectivity index (χ1) is 12.8. The molecule has 3 N–H and O–H groups in total. The summed E-state index contributed by atoms with van der Waals surface area (Å²) in [7, 11) is 0. The molecule has 6 nitrogen and oxygen atoms in total. The highest BCUT2D eigenvalue weighted by atomic mass is 16.1. The zero-order chi connectivity index (χ0) is 17.8. The molecule has 0 saturated heterocycles. The summed E-state index contributed by atoms with van der Waals surface area (Å²) in [5, 5.41) is 10.8.